The number of hydrogen-bond acceptors (Lipinski definition) is 4. The van der Waals surface area contributed by atoms with Crippen molar-refractivity contribution in [2.45, 2.75) is 31.9 Å². The molecule has 1 heterocycles. The summed E-state index contributed by atoms with van der Waals surface area (Å²) in [6.45, 7) is 3.27. The number of likely N-dealkylation sites (tertiary alicyclic amines) is 1. The number of anilines is 1. The third kappa shape index (κ3) is 3.94. The Kier molecular flexibility index (Phi) is 5.18. The van der Waals surface area contributed by atoms with Gasteiger partial charge in [0.1, 0.15) is 6.07 Å². The molecule has 6 heteroatoms. The predicted octanol–water partition coefficient (Wildman–Crippen LogP) is 2.00. The van der Waals surface area contributed by atoms with Gasteiger partial charge in [0.2, 0.25) is 5.91 Å². The number of carbonyl (C=O) groups excluding carboxylic acids is 1. The Morgan fingerprint density at radius 2 is 2.19 bits per heavy atom. The maximum atomic E-state index is 12.2. The van der Waals surface area contributed by atoms with Crippen molar-refractivity contribution in [3.8, 4) is 6.07 Å². The topological polar surface area (TPSA) is 76.4 Å². The lowest BCUT2D eigenvalue weighted by Gasteiger charge is -2.33. The molecule has 1 fully saturated rings. The van der Waals surface area contributed by atoms with E-state index in [9.17, 15) is 9.90 Å². The Bertz CT molecular complexity index is 563. The highest BCUT2D eigenvalue weighted by molar-refractivity contribution is 6.32. The first kappa shape index (κ1) is 15.8. The van der Waals surface area contributed by atoms with E-state index in [-0.39, 0.29) is 18.1 Å². The first-order valence-electron chi connectivity index (χ1n) is 6.94. The first-order chi connectivity index (χ1) is 10.0. The van der Waals surface area contributed by atoms with Gasteiger partial charge in [-0.3, -0.25) is 9.69 Å². The molecule has 5 nitrogen and oxygen atoms in total. The van der Waals surface area contributed by atoms with Crippen LogP contribution in [0.25, 0.3) is 0 Å². The van der Waals surface area contributed by atoms with Gasteiger partial charge in [0.05, 0.1) is 22.7 Å². The molecule has 1 aromatic rings. The molecule has 0 saturated carbocycles. The van der Waals surface area contributed by atoms with E-state index in [2.05, 4.69) is 5.32 Å². The second kappa shape index (κ2) is 6.90. The number of benzene rings is 1. The maximum absolute atomic E-state index is 12.2. The van der Waals surface area contributed by atoms with Gasteiger partial charge in [-0.25, -0.2) is 0 Å². The summed E-state index contributed by atoms with van der Waals surface area (Å²) in [5.41, 5.74) is 0.959. The molecule has 21 heavy (non-hydrogen) atoms. The van der Waals surface area contributed by atoms with Crippen LogP contribution in [0.15, 0.2) is 18.2 Å². The Balaban J connectivity index is 1.97. The van der Waals surface area contributed by atoms with Crippen LogP contribution in [0.1, 0.15) is 25.3 Å². The molecular formula is C15H18ClN3O2. The molecule has 0 aromatic heterocycles. The molecule has 2 N–H and O–H groups in total. The van der Waals surface area contributed by atoms with Crippen LogP contribution in [0.3, 0.4) is 0 Å². The summed E-state index contributed by atoms with van der Waals surface area (Å²) < 4.78 is 0. The van der Waals surface area contributed by atoms with Crippen molar-refractivity contribution >= 4 is 23.2 Å². The van der Waals surface area contributed by atoms with E-state index in [0.717, 1.165) is 0 Å². The number of aliphatic hydroxyl groups is 1. The Labute approximate surface area is 129 Å². The lowest BCUT2D eigenvalue weighted by atomic mass is 10.1. The summed E-state index contributed by atoms with van der Waals surface area (Å²) in [7, 11) is 0. The number of halogens is 1. The van der Waals surface area contributed by atoms with E-state index in [0.29, 0.717) is 42.2 Å². The molecule has 0 aliphatic carbocycles. The average molecular weight is 308 g/mol. The molecule has 0 unspecified atom stereocenters. The highest BCUT2D eigenvalue weighted by atomic mass is 35.5. The van der Waals surface area contributed by atoms with Crippen molar-refractivity contribution in [3.63, 3.8) is 0 Å². The number of amides is 1. The van der Waals surface area contributed by atoms with Crippen LogP contribution in [-0.4, -0.2) is 41.1 Å². The van der Waals surface area contributed by atoms with Gasteiger partial charge in [-0.15, -0.1) is 0 Å². The smallest absolute Gasteiger partial charge is 0.241 e. The fraction of sp³-hybridized carbons (Fsp3) is 0.467. The van der Waals surface area contributed by atoms with E-state index in [1.165, 1.54) is 0 Å². The summed E-state index contributed by atoms with van der Waals surface area (Å²) in [6.07, 6.45) is 1.13. The van der Waals surface area contributed by atoms with Gasteiger partial charge in [-0.1, -0.05) is 11.6 Å². The van der Waals surface area contributed by atoms with Gasteiger partial charge in [0.25, 0.3) is 0 Å². The summed E-state index contributed by atoms with van der Waals surface area (Å²) in [5, 5.41) is 21.4. The first-order valence-corrected chi connectivity index (χ1v) is 7.31. The minimum Gasteiger partial charge on any atom is -0.393 e. The molecule has 1 aliphatic rings. The van der Waals surface area contributed by atoms with Crippen LogP contribution in [-0.2, 0) is 4.79 Å². The largest absolute Gasteiger partial charge is 0.393 e. The lowest BCUT2D eigenvalue weighted by molar-refractivity contribution is -0.121. The number of nitrogens with one attached hydrogen (secondary N) is 1. The summed E-state index contributed by atoms with van der Waals surface area (Å²) in [5.74, 6) is -0.118. The lowest BCUT2D eigenvalue weighted by Crippen LogP contribution is -2.47. The zero-order chi connectivity index (χ0) is 15.4. The van der Waals surface area contributed by atoms with E-state index < -0.39 is 0 Å². The molecule has 2 rings (SSSR count). The third-order valence-corrected chi connectivity index (χ3v) is 4.10. The van der Waals surface area contributed by atoms with E-state index in [1.54, 1.807) is 18.2 Å². The minimum absolute atomic E-state index is 0.118. The van der Waals surface area contributed by atoms with Crippen LogP contribution >= 0.6 is 11.6 Å². The van der Waals surface area contributed by atoms with Gasteiger partial charge >= 0.3 is 0 Å². The average Bonchev–Trinajstić information content (AvgIpc) is 2.47. The van der Waals surface area contributed by atoms with Gasteiger partial charge < -0.3 is 10.4 Å². The molecule has 1 saturated heterocycles. The highest BCUT2D eigenvalue weighted by Gasteiger charge is 2.25. The van der Waals surface area contributed by atoms with Gasteiger partial charge in [-0.2, -0.15) is 5.26 Å². The zero-order valence-corrected chi connectivity index (χ0v) is 12.6. The van der Waals surface area contributed by atoms with E-state index >= 15 is 0 Å². The monoisotopic (exact) mass is 307 g/mol. The molecule has 1 aromatic carbocycles. The van der Waals surface area contributed by atoms with Crippen molar-refractivity contribution in [2.24, 2.45) is 0 Å². The van der Waals surface area contributed by atoms with Gasteiger partial charge in [-0.05, 0) is 38.0 Å². The number of hydrogen-bond donors (Lipinski definition) is 2. The van der Waals surface area contributed by atoms with Crippen LogP contribution in [0, 0.1) is 11.3 Å². The quantitative estimate of drug-likeness (QED) is 0.895. The normalized spacial score (nSPS) is 18.0. The van der Waals surface area contributed by atoms with E-state index in [1.807, 2.05) is 17.9 Å². The molecule has 0 spiro atoms. The number of nitrogens with zero attached hydrogens (tertiary/aromatic N) is 2. The van der Waals surface area contributed by atoms with Crippen molar-refractivity contribution in [3.05, 3.63) is 28.8 Å². The molecule has 112 valence electrons. The number of carbonyl (C=O) groups is 1. The van der Waals surface area contributed by atoms with Crippen molar-refractivity contribution in [2.75, 3.05) is 18.4 Å². The van der Waals surface area contributed by atoms with Crippen molar-refractivity contribution < 1.29 is 9.90 Å². The fourth-order valence-electron chi connectivity index (χ4n) is 2.37. The summed E-state index contributed by atoms with van der Waals surface area (Å²) in [6, 6.07) is 6.53. The molecule has 1 atom stereocenters. The Morgan fingerprint density at radius 1 is 1.52 bits per heavy atom. The van der Waals surface area contributed by atoms with Crippen LogP contribution < -0.4 is 5.32 Å². The Hall–Kier alpha value is -1.61. The molecule has 0 radical (unpaired) electrons. The number of piperidine rings is 1. The summed E-state index contributed by atoms with van der Waals surface area (Å²) in [4.78, 5) is 14.3. The maximum Gasteiger partial charge on any atom is 0.241 e. The van der Waals surface area contributed by atoms with Gasteiger partial charge in [0.15, 0.2) is 0 Å². The van der Waals surface area contributed by atoms with Crippen molar-refractivity contribution in [1.82, 2.24) is 4.90 Å². The zero-order valence-electron chi connectivity index (χ0n) is 11.8. The molecule has 1 amide bonds. The van der Waals surface area contributed by atoms with Crippen LogP contribution in [0.2, 0.25) is 5.02 Å². The molecular weight excluding hydrogens is 290 g/mol. The third-order valence-electron chi connectivity index (χ3n) is 3.78. The van der Waals surface area contributed by atoms with E-state index in [4.69, 9.17) is 16.9 Å². The van der Waals surface area contributed by atoms with Gasteiger partial charge in [0, 0.05) is 18.8 Å². The second-order valence-electron chi connectivity index (χ2n) is 5.24. The van der Waals surface area contributed by atoms with Crippen molar-refractivity contribution in [1.29, 1.82) is 5.26 Å². The predicted molar refractivity (Wildman–Crippen MR) is 81.1 cm³/mol. The molecule has 0 bridgehead atoms. The number of aliphatic hydroxyl groups excluding tert-OH is 1. The van der Waals surface area contributed by atoms with Crippen LogP contribution in [0.4, 0.5) is 5.69 Å². The highest BCUT2D eigenvalue weighted by Crippen LogP contribution is 2.21. The fourth-order valence-corrected chi connectivity index (χ4v) is 2.59. The van der Waals surface area contributed by atoms with Crippen LogP contribution in [0.5, 0.6) is 0 Å². The standard InChI is InChI=1S/C15H18ClN3O2/c1-10(19-6-4-13(20)5-7-19)15(21)18-12-3-2-11(9-17)14(16)8-12/h2-3,8,10,13,20H,4-7H2,1H3,(H,18,21)/t10-/m1/s1. The minimum atomic E-state index is -0.271. The number of nitriles is 1. The molecule has 1 aliphatic heterocycles. The second-order valence-corrected chi connectivity index (χ2v) is 5.65. The number of rotatable bonds is 3. The Morgan fingerprint density at radius 3 is 2.76 bits per heavy atom. The SMILES string of the molecule is C[C@H](C(=O)Nc1ccc(C#N)c(Cl)c1)N1CCC(O)CC1. The summed E-state index contributed by atoms with van der Waals surface area (Å²) >= 11 is 5.95.